The first-order chi connectivity index (χ1) is 11.1. The lowest BCUT2D eigenvalue weighted by Crippen LogP contribution is -2.21. The Morgan fingerprint density at radius 2 is 2.00 bits per heavy atom. The average Bonchev–Trinajstić information content (AvgIpc) is 3.14. The highest BCUT2D eigenvalue weighted by Crippen LogP contribution is 2.40. The molecule has 0 aliphatic heterocycles. The van der Waals surface area contributed by atoms with Gasteiger partial charge in [0.25, 0.3) is 0 Å². The minimum absolute atomic E-state index is 0.0692. The second-order valence-electron chi connectivity index (χ2n) is 6.75. The molecule has 5 heteroatoms. The average molecular weight is 335 g/mol. The molecule has 1 unspecified atom stereocenters. The molecule has 2 aliphatic carbocycles. The highest BCUT2D eigenvalue weighted by atomic mass is 32.1. The third kappa shape index (κ3) is 3.44. The van der Waals surface area contributed by atoms with E-state index < -0.39 is 0 Å². The molecule has 0 radical (unpaired) electrons. The lowest BCUT2D eigenvalue weighted by molar-refractivity contribution is -0.119. The summed E-state index contributed by atoms with van der Waals surface area (Å²) in [6.07, 6.45) is 7.16. The zero-order chi connectivity index (χ0) is 16.4. The highest BCUT2D eigenvalue weighted by molar-refractivity contribution is 7.17. The zero-order valence-electron chi connectivity index (χ0n) is 13.9. The van der Waals surface area contributed by atoms with E-state index in [1.165, 1.54) is 4.88 Å². The molecular formula is C18H25NO3S. The number of carbonyl (C=O) groups is 2. The largest absolute Gasteiger partial charge is 0.462 e. The van der Waals surface area contributed by atoms with Crippen molar-refractivity contribution in [2.75, 3.05) is 11.9 Å². The molecular weight excluding hydrogens is 310 g/mol. The maximum absolute atomic E-state index is 12.5. The first-order valence-corrected chi connectivity index (χ1v) is 9.54. The van der Waals surface area contributed by atoms with E-state index >= 15 is 0 Å². The van der Waals surface area contributed by atoms with Gasteiger partial charge in [-0.1, -0.05) is 19.8 Å². The summed E-state index contributed by atoms with van der Waals surface area (Å²) in [4.78, 5) is 26.1. The van der Waals surface area contributed by atoms with Crippen LogP contribution in [0.2, 0.25) is 0 Å². The topological polar surface area (TPSA) is 55.4 Å². The third-order valence-corrected chi connectivity index (χ3v) is 6.12. The van der Waals surface area contributed by atoms with Crippen molar-refractivity contribution in [2.24, 2.45) is 11.8 Å². The van der Waals surface area contributed by atoms with Crippen molar-refractivity contribution in [2.45, 2.75) is 58.8 Å². The number of rotatable bonds is 4. The molecule has 0 saturated heterocycles. The van der Waals surface area contributed by atoms with Gasteiger partial charge in [-0.05, 0) is 50.5 Å². The van der Waals surface area contributed by atoms with Crippen molar-refractivity contribution in [1.82, 2.24) is 0 Å². The molecule has 1 atom stereocenters. The minimum Gasteiger partial charge on any atom is -0.462 e. The SMILES string of the molecule is CCOC(=O)c1c(NC(=O)C2CCCC2)sc2c1CCC(C)C2. The Morgan fingerprint density at radius 3 is 2.70 bits per heavy atom. The molecule has 2 aliphatic rings. The standard InChI is InChI=1S/C18H25NO3S/c1-3-22-18(21)15-13-9-8-11(2)10-14(13)23-17(15)19-16(20)12-6-4-5-7-12/h11-12H,3-10H2,1-2H3,(H,19,20). The molecule has 0 spiro atoms. The van der Waals surface area contributed by atoms with Gasteiger partial charge in [0.05, 0.1) is 12.2 Å². The Hall–Kier alpha value is -1.36. The first-order valence-electron chi connectivity index (χ1n) is 8.72. The van der Waals surface area contributed by atoms with Crippen LogP contribution in [0.25, 0.3) is 0 Å². The Morgan fingerprint density at radius 1 is 1.26 bits per heavy atom. The summed E-state index contributed by atoms with van der Waals surface area (Å²) < 4.78 is 5.24. The quantitative estimate of drug-likeness (QED) is 0.840. The summed E-state index contributed by atoms with van der Waals surface area (Å²) in [6.45, 7) is 4.41. The van der Waals surface area contributed by atoms with E-state index in [0.29, 0.717) is 23.1 Å². The van der Waals surface area contributed by atoms with Crippen molar-refractivity contribution < 1.29 is 14.3 Å². The van der Waals surface area contributed by atoms with Crippen LogP contribution in [-0.2, 0) is 22.4 Å². The van der Waals surface area contributed by atoms with E-state index in [4.69, 9.17) is 4.74 Å². The first kappa shape index (κ1) is 16.5. The zero-order valence-corrected chi connectivity index (χ0v) is 14.8. The van der Waals surface area contributed by atoms with E-state index in [1.807, 2.05) is 6.92 Å². The smallest absolute Gasteiger partial charge is 0.341 e. The van der Waals surface area contributed by atoms with Crippen LogP contribution in [0.5, 0.6) is 0 Å². The number of esters is 1. The van der Waals surface area contributed by atoms with E-state index in [-0.39, 0.29) is 17.8 Å². The van der Waals surface area contributed by atoms with Crippen molar-refractivity contribution in [3.8, 4) is 0 Å². The van der Waals surface area contributed by atoms with E-state index in [2.05, 4.69) is 12.2 Å². The van der Waals surface area contributed by atoms with Gasteiger partial charge in [0.1, 0.15) is 5.00 Å². The summed E-state index contributed by atoms with van der Waals surface area (Å²) in [5, 5.41) is 3.75. The molecule has 1 amide bonds. The number of hydrogen-bond acceptors (Lipinski definition) is 4. The molecule has 1 fully saturated rings. The predicted octanol–water partition coefficient (Wildman–Crippen LogP) is 4.18. The van der Waals surface area contributed by atoms with Gasteiger partial charge in [0.2, 0.25) is 5.91 Å². The summed E-state index contributed by atoms with van der Waals surface area (Å²) in [5.74, 6) is 0.513. The molecule has 1 saturated carbocycles. The number of hydrogen-bond donors (Lipinski definition) is 1. The van der Waals surface area contributed by atoms with E-state index in [0.717, 1.165) is 50.5 Å². The molecule has 0 aromatic carbocycles. The number of thiophene rings is 1. The van der Waals surface area contributed by atoms with Crippen LogP contribution < -0.4 is 5.32 Å². The summed E-state index contributed by atoms with van der Waals surface area (Å²) in [5.41, 5.74) is 1.72. The predicted molar refractivity (Wildman–Crippen MR) is 92.1 cm³/mol. The normalized spacial score (nSPS) is 21.0. The fraction of sp³-hybridized carbons (Fsp3) is 0.667. The van der Waals surface area contributed by atoms with E-state index in [9.17, 15) is 9.59 Å². The summed E-state index contributed by atoms with van der Waals surface area (Å²) in [6, 6.07) is 0. The second kappa shape index (κ2) is 7.04. The highest BCUT2D eigenvalue weighted by Gasteiger charge is 2.30. The molecule has 23 heavy (non-hydrogen) atoms. The van der Waals surface area contributed by atoms with Crippen LogP contribution in [0, 0.1) is 11.8 Å². The number of fused-ring (bicyclic) bond motifs is 1. The minimum atomic E-state index is -0.290. The van der Waals surface area contributed by atoms with Crippen molar-refractivity contribution >= 4 is 28.2 Å². The summed E-state index contributed by atoms with van der Waals surface area (Å²) >= 11 is 1.57. The van der Waals surface area contributed by atoms with Crippen molar-refractivity contribution in [3.63, 3.8) is 0 Å². The number of ether oxygens (including phenoxy) is 1. The van der Waals surface area contributed by atoms with Gasteiger partial charge in [-0.2, -0.15) is 0 Å². The summed E-state index contributed by atoms with van der Waals surface area (Å²) in [7, 11) is 0. The van der Waals surface area contributed by atoms with Crippen LogP contribution in [0.15, 0.2) is 0 Å². The van der Waals surface area contributed by atoms with E-state index in [1.54, 1.807) is 11.3 Å². The molecule has 1 aromatic rings. The number of carbonyl (C=O) groups excluding carboxylic acids is 2. The maximum Gasteiger partial charge on any atom is 0.341 e. The molecule has 1 heterocycles. The van der Waals surface area contributed by atoms with Gasteiger partial charge < -0.3 is 10.1 Å². The molecule has 126 valence electrons. The van der Waals surface area contributed by atoms with Crippen molar-refractivity contribution in [3.05, 3.63) is 16.0 Å². The lowest BCUT2D eigenvalue weighted by atomic mass is 9.88. The lowest BCUT2D eigenvalue weighted by Gasteiger charge is -2.18. The fourth-order valence-electron chi connectivity index (χ4n) is 3.66. The van der Waals surface area contributed by atoms with Gasteiger partial charge in [-0.25, -0.2) is 4.79 Å². The Kier molecular flexibility index (Phi) is 5.05. The monoisotopic (exact) mass is 335 g/mol. The Bertz CT molecular complexity index is 602. The Balaban J connectivity index is 1.88. The number of amides is 1. The number of anilines is 1. The van der Waals surface area contributed by atoms with Gasteiger partial charge in [0, 0.05) is 10.8 Å². The van der Waals surface area contributed by atoms with Gasteiger partial charge in [0.15, 0.2) is 0 Å². The maximum atomic E-state index is 12.5. The van der Waals surface area contributed by atoms with Crippen LogP contribution >= 0.6 is 11.3 Å². The molecule has 3 rings (SSSR count). The fourth-order valence-corrected chi connectivity index (χ4v) is 5.06. The molecule has 1 aromatic heterocycles. The second-order valence-corrected chi connectivity index (χ2v) is 7.85. The third-order valence-electron chi connectivity index (χ3n) is 4.95. The van der Waals surface area contributed by atoms with Gasteiger partial charge in [-0.3, -0.25) is 4.79 Å². The van der Waals surface area contributed by atoms with Crippen LogP contribution in [0.3, 0.4) is 0 Å². The van der Waals surface area contributed by atoms with Crippen LogP contribution in [0.1, 0.15) is 66.8 Å². The van der Waals surface area contributed by atoms with Gasteiger partial charge in [-0.15, -0.1) is 11.3 Å². The number of nitrogens with one attached hydrogen (secondary N) is 1. The van der Waals surface area contributed by atoms with Gasteiger partial charge >= 0.3 is 5.97 Å². The Labute approximate surface area is 141 Å². The van der Waals surface area contributed by atoms with Crippen LogP contribution in [-0.4, -0.2) is 18.5 Å². The van der Waals surface area contributed by atoms with Crippen molar-refractivity contribution in [1.29, 1.82) is 0 Å². The molecule has 4 nitrogen and oxygen atoms in total. The van der Waals surface area contributed by atoms with Crippen LogP contribution in [0.4, 0.5) is 5.00 Å². The molecule has 0 bridgehead atoms. The molecule has 1 N–H and O–H groups in total.